The first kappa shape index (κ1) is 15.7. The predicted octanol–water partition coefficient (Wildman–Crippen LogP) is 0.901. The van der Waals surface area contributed by atoms with Crippen molar-refractivity contribution < 1.29 is 9.53 Å². The summed E-state index contributed by atoms with van der Waals surface area (Å²) < 4.78 is 5.00. The van der Waals surface area contributed by atoms with Gasteiger partial charge in [-0.15, -0.1) is 12.4 Å². The van der Waals surface area contributed by atoms with Crippen LogP contribution in [-0.4, -0.2) is 50.7 Å². The van der Waals surface area contributed by atoms with Crippen molar-refractivity contribution in [1.29, 1.82) is 0 Å². The number of amides is 1. The Labute approximate surface area is 104 Å². The summed E-state index contributed by atoms with van der Waals surface area (Å²) in [7, 11) is 3.54. The van der Waals surface area contributed by atoms with Crippen LogP contribution < -0.4 is 5.32 Å². The second kappa shape index (κ2) is 7.87. The largest absolute Gasteiger partial charge is 0.384 e. The molecule has 1 aliphatic heterocycles. The number of hydrogen-bond acceptors (Lipinski definition) is 3. The Hall–Kier alpha value is -0.320. The molecule has 0 aliphatic carbocycles. The summed E-state index contributed by atoms with van der Waals surface area (Å²) in [5.74, 6) is 0.165. The van der Waals surface area contributed by atoms with Crippen molar-refractivity contribution in [3.05, 3.63) is 0 Å². The molecule has 1 aliphatic rings. The zero-order chi connectivity index (χ0) is 11.3. The number of piperidine rings is 1. The third-order valence-corrected chi connectivity index (χ3v) is 3.04. The summed E-state index contributed by atoms with van der Waals surface area (Å²) >= 11 is 0. The molecule has 5 heteroatoms. The van der Waals surface area contributed by atoms with Crippen molar-refractivity contribution in [2.45, 2.75) is 25.8 Å². The topological polar surface area (TPSA) is 41.6 Å². The van der Waals surface area contributed by atoms with Gasteiger partial charge in [-0.05, 0) is 25.9 Å². The van der Waals surface area contributed by atoms with E-state index in [4.69, 9.17) is 4.74 Å². The maximum Gasteiger partial charge on any atom is 0.227 e. The number of ether oxygens (including phenoxy) is 1. The Morgan fingerprint density at radius 1 is 1.50 bits per heavy atom. The molecule has 1 rings (SSSR count). The van der Waals surface area contributed by atoms with Gasteiger partial charge in [0.05, 0.1) is 12.5 Å². The fourth-order valence-electron chi connectivity index (χ4n) is 2.04. The molecular weight excluding hydrogens is 228 g/mol. The lowest BCUT2D eigenvalue weighted by Crippen LogP contribution is -2.46. The summed E-state index contributed by atoms with van der Waals surface area (Å²) in [6, 6.07) is 0.401. The van der Waals surface area contributed by atoms with Crippen molar-refractivity contribution in [3.63, 3.8) is 0 Å². The number of carbonyl (C=O) groups excluding carboxylic acids is 1. The van der Waals surface area contributed by atoms with E-state index in [2.05, 4.69) is 5.32 Å². The van der Waals surface area contributed by atoms with E-state index in [1.54, 1.807) is 7.11 Å². The highest BCUT2D eigenvalue weighted by molar-refractivity contribution is 5.85. The smallest absolute Gasteiger partial charge is 0.227 e. The predicted molar refractivity (Wildman–Crippen MR) is 66.9 cm³/mol. The number of methoxy groups -OCH3 is 1. The maximum atomic E-state index is 12.0. The van der Waals surface area contributed by atoms with Gasteiger partial charge in [-0.25, -0.2) is 0 Å². The van der Waals surface area contributed by atoms with Gasteiger partial charge in [-0.2, -0.15) is 0 Å². The molecule has 1 unspecified atom stereocenters. The lowest BCUT2D eigenvalue weighted by Gasteiger charge is -2.33. The number of carbonyl (C=O) groups is 1. The van der Waals surface area contributed by atoms with Crippen LogP contribution in [0.5, 0.6) is 0 Å². The normalized spacial score (nSPS) is 18.7. The van der Waals surface area contributed by atoms with E-state index in [0.29, 0.717) is 12.6 Å². The Morgan fingerprint density at radius 3 is 2.56 bits per heavy atom. The highest BCUT2D eigenvalue weighted by atomic mass is 35.5. The molecule has 0 spiro atoms. The van der Waals surface area contributed by atoms with Crippen molar-refractivity contribution in [2.75, 3.05) is 33.9 Å². The van der Waals surface area contributed by atoms with Crippen molar-refractivity contribution in [3.8, 4) is 0 Å². The van der Waals surface area contributed by atoms with Crippen molar-refractivity contribution in [1.82, 2.24) is 10.2 Å². The number of halogens is 1. The zero-order valence-electron chi connectivity index (χ0n) is 10.4. The van der Waals surface area contributed by atoms with Crippen molar-refractivity contribution in [2.24, 2.45) is 5.92 Å². The molecule has 16 heavy (non-hydrogen) atoms. The van der Waals surface area contributed by atoms with E-state index in [1.807, 2.05) is 18.9 Å². The van der Waals surface area contributed by atoms with Crippen LogP contribution in [0.15, 0.2) is 0 Å². The molecule has 1 atom stereocenters. The van der Waals surface area contributed by atoms with Gasteiger partial charge < -0.3 is 15.0 Å². The Kier molecular flexibility index (Phi) is 7.72. The summed E-state index contributed by atoms with van der Waals surface area (Å²) in [6.45, 7) is 4.46. The van der Waals surface area contributed by atoms with Gasteiger partial charge in [0.2, 0.25) is 5.91 Å². The quantitative estimate of drug-likeness (QED) is 0.806. The highest BCUT2D eigenvalue weighted by Gasteiger charge is 2.25. The molecule has 4 nitrogen and oxygen atoms in total. The summed E-state index contributed by atoms with van der Waals surface area (Å²) in [6.07, 6.45) is 2.11. The van der Waals surface area contributed by atoms with Crippen LogP contribution in [0.4, 0.5) is 0 Å². The highest BCUT2D eigenvalue weighted by Crippen LogP contribution is 2.13. The van der Waals surface area contributed by atoms with Crippen LogP contribution in [0.3, 0.4) is 0 Å². The molecule has 1 saturated heterocycles. The maximum absolute atomic E-state index is 12.0. The Morgan fingerprint density at radius 2 is 2.06 bits per heavy atom. The first-order chi connectivity index (χ1) is 7.16. The summed E-state index contributed by atoms with van der Waals surface area (Å²) in [4.78, 5) is 13.9. The SMILES string of the molecule is COCC(C)C(=O)N(C)C1CCNCC1.Cl. The van der Waals surface area contributed by atoms with E-state index in [0.717, 1.165) is 25.9 Å². The molecule has 0 radical (unpaired) electrons. The second-order valence-corrected chi connectivity index (χ2v) is 4.29. The van der Waals surface area contributed by atoms with Gasteiger partial charge in [-0.3, -0.25) is 4.79 Å². The zero-order valence-corrected chi connectivity index (χ0v) is 11.2. The molecule has 0 aromatic carbocycles. The van der Waals surface area contributed by atoms with Crippen LogP contribution in [0, 0.1) is 5.92 Å². The van der Waals surface area contributed by atoms with Gasteiger partial charge in [0.25, 0.3) is 0 Å². The van der Waals surface area contributed by atoms with Gasteiger partial charge in [-0.1, -0.05) is 6.92 Å². The molecular formula is C11H23ClN2O2. The molecule has 1 fully saturated rings. The Balaban J connectivity index is 0.00000225. The van der Waals surface area contributed by atoms with Gasteiger partial charge in [0.15, 0.2) is 0 Å². The first-order valence-electron chi connectivity index (χ1n) is 5.63. The number of rotatable bonds is 4. The standard InChI is InChI=1S/C11H22N2O2.ClH/c1-9(8-15-3)11(14)13(2)10-4-6-12-7-5-10;/h9-10,12H,4-8H2,1-3H3;1H. The van der Waals surface area contributed by atoms with Gasteiger partial charge in [0.1, 0.15) is 0 Å². The van der Waals surface area contributed by atoms with Crippen LogP contribution in [0.25, 0.3) is 0 Å². The van der Waals surface area contributed by atoms with E-state index < -0.39 is 0 Å². The number of nitrogens with zero attached hydrogens (tertiary/aromatic N) is 1. The molecule has 96 valence electrons. The first-order valence-corrected chi connectivity index (χ1v) is 5.63. The van der Waals surface area contributed by atoms with Gasteiger partial charge >= 0.3 is 0 Å². The molecule has 0 aromatic rings. The van der Waals surface area contributed by atoms with Crippen LogP contribution in [-0.2, 0) is 9.53 Å². The molecule has 0 bridgehead atoms. The molecule has 1 N–H and O–H groups in total. The third-order valence-electron chi connectivity index (χ3n) is 3.04. The lowest BCUT2D eigenvalue weighted by atomic mass is 10.0. The Bertz CT molecular complexity index is 208. The molecule has 0 saturated carbocycles. The average Bonchev–Trinajstić information content (AvgIpc) is 2.28. The summed E-state index contributed by atoms with van der Waals surface area (Å²) in [5.41, 5.74) is 0. The van der Waals surface area contributed by atoms with Crippen LogP contribution in [0.2, 0.25) is 0 Å². The van der Waals surface area contributed by atoms with Gasteiger partial charge in [0, 0.05) is 20.2 Å². The average molecular weight is 251 g/mol. The minimum Gasteiger partial charge on any atom is -0.384 e. The fraction of sp³-hybridized carbons (Fsp3) is 0.909. The van der Waals surface area contributed by atoms with Crippen LogP contribution >= 0.6 is 12.4 Å². The van der Waals surface area contributed by atoms with Crippen LogP contribution in [0.1, 0.15) is 19.8 Å². The van der Waals surface area contributed by atoms with E-state index in [9.17, 15) is 4.79 Å². The molecule has 1 heterocycles. The minimum absolute atomic E-state index is 0. The lowest BCUT2D eigenvalue weighted by molar-refractivity contribution is -0.137. The third kappa shape index (κ3) is 4.28. The van der Waals surface area contributed by atoms with Crippen molar-refractivity contribution >= 4 is 18.3 Å². The second-order valence-electron chi connectivity index (χ2n) is 4.29. The van der Waals surface area contributed by atoms with E-state index in [1.165, 1.54) is 0 Å². The summed E-state index contributed by atoms with van der Waals surface area (Å²) in [5, 5.41) is 3.30. The minimum atomic E-state index is -0.0325. The fourth-order valence-corrected chi connectivity index (χ4v) is 2.04. The van der Waals surface area contributed by atoms with E-state index in [-0.39, 0.29) is 24.2 Å². The number of nitrogens with one attached hydrogen (secondary N) is 1. The molecule has 0 aromatic heterocycles. The molecule has 1 amide bonds. The van der Waals surface area contributed by atoms with E-state index >= 15 is 0 Å². The monoisotopic (exact) mass is 250 g/mol. The number of hydrogen-bond donors (Lipinski definition) is 1.